The van der Waals surface area contributed by atoms with Gasteiger partial charge in [0, 0.05) is 23.4 Å². The molecule has 0 unspecified atom stereocenters. The summed E-state index contributed by atoms with van der Waals surface area (Å²) in [7, 11) is 0. The van der Waals surface area contributed by atoms with Gasteiger partial charge in [-0.3, -0.25) is 10.1 Å². The lowest BCUT2D eigenvalue weighted by Crippen LogP contribution is -1.98. The first-order valence-electron chi connectivity index (χ1n) is 7.28. The number of hydrogen-bond donors (Lipinski definition) is 0. The average molecular weight is 326 g/mol. The van der Waals surface area contributed by atoms with Crippen molar-refractivity contribution in [2.45, 2.75) is 13.8 Å². The van der Waals surface area contributed by atoms with Crippen molar-refractivity contribution in [3.63, 3.8) is 0 Å². The van der Waals surface area contributed by atoms with Crippen molar-refractivity contribution in [3.8, 4) is 28.7 Å². The van der Waals surface area contributed by atoms with E-state index in [1.807, 2.05) is 26.0 Å². The van der Waals surface area contributed by atoms with E-state index in [9.17, 15) is 10.1 Å². The van der Waals surface area contributed by atoms with Crippen molar-refractivity contribution in [1.29, 1.82) is 0 Å². The Bertz CT molecular complexity index is 874. The van der Waals surface area contributed by atoms with Crippen LogP contribution in [0.25, 0.3) is 22.8 Å². The van der Waals surface area contributed by atoms with E-state index in [0.717, 1.165) is 5.69 Å². The number of nitro groups is 1. The highest BCUT2D eigenvalue weighted by Crippen LogP contribution is 2.29. The molecule has 8 nitrogen and oxygen atoms in total. The molecule has 0 aliphatic carbocycles. The van der Waals surface area contributed by atoms with Gasteiger partial charge in [0.05, 0.1) is 17.1 Å². The fourth-order valence-electron chi connectivity index (χ4n) is 2.13. The number of rotatable bonds is 5. The Morgan fingerprint density at radius 1 is 1.17 bits per heavy atom. The smallest absolute Gasteiger partial charge is 0.269 e. The first-order chi connectivity index (χ1) is 11.6. The number of nitrogens with zero attached hydrogens (tertiary/aromatic N) is 4. The zero-order chi connectivity index (χ0) is 17.1. The van der Waals surface area contributed by atoms with Gasteiger partial charge < -0.3 is 9.26 Å². The lowest BCUT2D eigenvalue weighted by molar-refractivity contribution is -0.384. The second kappa shape index (κ2) is 6.45. The molecule has 1 aromatic carbocycles. The highest BCUT2D eigenvalue weighted by atomic mass is 16.6. The minimum Gasteiger partial charge on any atom is -0.477 e. The van der Waals surface area contributed by atoms with E-state index in [2.05, 4.69) is 15.1 Å². The zero-order valence-corrected chi connectivity index (χ0v) is 13.1. The van der Waals surface area contributed by atoms with Gasteiger partial charge in [-0.1, -0.05) is 5.16 Å². The highest BCUT2D eigenvalue weighted by molar-refractivity contribution is 5.64. The van der Waals surface area contributed by atoms with Crippen LogP contribution in [0.2, 0.25) is 0 Å². The first-order valence-corrected chi connectivity index (χ1v) is 7.28. The maximum absolute atomic E-state index is 10.7. The summed E-state index contributed by atoms with van der Waals surface area (Å²) in [5, 5.41) is 14.7. The molecule has 24 heavy (non-hydrogen) atoms. The van der Waals surface area contributed by atoms with Gasteiger partial charge in [-0.2, -0.15) is 4.98 Å². The Hall–Kier alpha value is -3.29. The second-order valence-corrected chi connectivity index (χ2v) is 4.97. The van der Waals surface area contributed by atoms with Gasteiger partial charge >= 0.3 is 0 Å². The Labute approximate surface area is 137 Å². The molecule has 3 aromatic rings. The maximum Gasteiger partial charge on any atom is 0.269 e. The van der Waals surface area contributed by atoms with E-state index >= 15 is 0 Å². The van der Waals surface area contributed by atoms with Crippen LogP contribution in [0.3, 0.4) is 0 Å². The fourth-order valence-corrected chi connectivity index (χ4v) is 2.13. The third kappa shape index (κ3) is 3.07. The van der Waals surface area contributed by atoms with Crippen LogP contribution < -0.4 is 4.74 Å². The summed E-state index contributed by atoms with van der Waals surface area (Å²) in [5.41, 5.74) is 2.04. The Morgan fingerprint density at radius 3 is 2.58 bits per heavy atom. The van der Waals surface area contributed by atoms with E-state index in [1.54, 1.807) is 12.1 Å². The Kier molecular flexibility index (Phi) is 4.19. The number of nitro benzene ring substituents is 1. The number of aromatic nitrogens is 3. The van der Waals surface area contributed by atoms with Crippen molar-refractivity contribution in [3.05, 3.63) is 52.2 Å². The van der Waals surface area contributed by atoms with Gasteiger partial charge in [0.2, 0.25) is 11.7 Å². The van der Waals surface area contributed by atoms with Crippen molar-refractivity contribution >= 4 is 5.69 Å². The molecule has 2 heterocycles. The van der Waals surface area contributed by atoms with Gasteiger partial charge in [0.25, 0.3) is 11.6 Å². The molecular weight excluding hydrogens is 312 g/mol. The summed E-state index contributed by atoms with van der Waals surface area (Å²) in [4.78, 5) is 18.9. The molecular formula is C16H14N4O4. The summed E-state index contributed by atoms with van der Waals surface area (Å²) in [6.45, 7) is 4.20. The lowest BCUT2D eigenvalue weighted by atomic mass is 10.2. The van der Waals surface area contributed by atoms with Gasteiger partial charge in [0.1, 0.15) is 0 Å². The standard InChI is InChI=1S/C16H14N4O4/c1-3-23-16-13(9-4-10(2)17-16)14-18-15(24-19-14)11-5-7-12(8-6-11)20(21)22/h4-9H,3H2,1-2H3. The summed E-state index contributed by atoms with van der Waals surface area (Å²) in [5.74, 6) is 1.05. The molecule has 0 radical (unpaired) electrons. The molecule has 0 saturated carbocycles. The minimum atomic E-state index is -0.463. The summed E-state index contributed by atoms with van der Waals surface area (Å²) in [6, 6.07) is 9.55. The van der Waals surface area contributed by atoms with Crippen LogP contribution in [0.4, 0.5) is 5.69 Å². The molecule has 8 heteroatoms. The molecule has 0 fully saturated rings. The normalized spacial score (nSPS) is 10.6. The van der Waals surface area contributed by atoms with Crippen molar-refractivity contribution in [2.24, 2.45) is 0 Å². The Balaban J connectivity index is 1.95. The molecule has 3 rings (SSSR count). The molecule has 0 atom stereocenters. The van der Waals surface area contributed by atoms with Gasteiger partial charge in [-0.15, -0.1) is 0 Å². The molecule has 0 aliphatic heterocycles. The molecule has 0 N–H and O–H groups in total. The van der Waals surface area contributed by atoms with E-state index in [-0.39, 0.29) is 11.6 Å². The number of ether oxygens (including phenoxy) is 1. The van der Waals surface area contributed by atoms with Crippen molar-refractivity contribution < 1.29 is 14.2 Å². The molecule has 0 aliphatic rings. The second-order valence-electron chi connectivity index (χ2n) is 4.97. The van der Waals surface area contributed by atoms with E-state index in [0.29, 0.717) is 29.4 Å². The summed E-state index contributed by atoms with van der Waals surface area (Å²) < 4.78 is 10.8. The van der Waals surface area contributed by atoms with Crippen LogP contribution in [0.1, 0.15) is 12.6 Å². The van der Waals surface area contributed by atoms with E-state index in [4.69, 9.17) is 9.26 Å². The van der Waals surface area contributed by atoms with E-state index in [1.165, 1.54) is 12.1 Å². The lowest BCUT2D eigenvalue weighted by Gasteiger charge is -2.06. The van der Waals surface area contributed by atoms with Crippen LogP contribution in [0, 0.1) is 17.0 Å². The molecule has 0 saturated heterocycles. The highest BCUT2D eigenvalue weighted by Gasteiger charge is 2.16. The van der Waals surface area contributed by atoms with Crippen LogP contribution >= 0.6 is 0 Å². The van der Waals surface area contributed by atoms with Crippen LogP contribution in [-0.2, 0) is 0 Å². The summed E-state index contributed by atoms with van der Waals surface area (Å²) >= 11 is 0. The largest absolute Gasteiger partial charge is 0.477 e. The number of aryl methyl sites for hydroxylation is 1. The van der Waals surface area contributed by atoms with Crippen LogP contribution in [0.5, 0.6) is 5.88 Å². The molecule has 0 amide bonds. The van der Waals surface area contributed by atoms with Crippen LogP contribution in [0.15, 0.2) is 40.9 Å². The van der Waals surface area contributed by atoms with Gasteiger partial charge in [-0.25, -0.2) is 4.98 Å². The quantitative estimate of drug-likeness (QED) is 0.522. The molecule has 0 spiro atoms. The SMILES string of the molecule is CCOc1nc(C)ccc1-c1noc(-c2ccc([N+](=O)[O-])cc2)n1. The topological polar surface area (TPSA) is 104 Å². The van der Waals surface area contributed by atoms with Crippen LogP contribution in [-0.4, -0.2) is 26.7 Å². The van der Waals surface area contributed by atoms with Crippen molar-refractivity contribution in [1.82, 2.24) is 15.1 Å². The van der Waals surface area contributed by atoms with Gasteiger partial charge in [0.15, 0.2) is 0 Å². The predicted octanol–water partition coefficient (Wildman–Crippen LogP) is 3.41. The third-order valence-electron chi connectivity index (χ3n) is 3.27. The van der Waals surface area contributed by atoms with Crippen molar-refractivity contribution in [2.75, 3.05) is 6.61 Å². The predicted molar refractivity (Wildman–Crippen MR) is 85.5 cm³/mol. The zero-order valence-electron chi connectivity index (χ0n) is 13.1. The number of benzene rings is 1. The third-order valence-corrected chi connectivity index (χ3v) is 3.27. The number of pyridine rings is 1. The van der Waals surface area contributed by atoms with E-state index < -0.39 is 4.92 Å². The number of non-ortho nitro benzene ring substituents is 1. The minimum absolute atomic E-state index is 0.000134. The number of hydrogen-bond acceptors (Lipinski definition) is 7. The summed E-state index contributed by atoms with van der Waals surface area (Å²) in [6.07, 6.45) is 0. The molecule has 0 bridgehead atoms. The maximum atomic E-state index is 10.7. The molecule has 2 aromatic heterocycles. The van der Waals surface area contributed by atoms with Gasteiger partial charge in [-0.05, 0) is 38.1 Å². The molecule has 122 valence electrons. The fraction of sp³-hybridized carbons (Fsp3) is 0.188. The Morgan fingerprint density at radius 2 is 1.92 bits per heavy atom. The average Bonchev–Trinajstić information content (AvgIpc) is 3.05. The monoisotopic (exact) mass is 326 g/mol. The first kappa shape index (κ1) is 15.6.